The third-order valence-corrected chi connectivity index (χ3v) is 8.02. The molecule has 0 atom stereocenters. The summed E-state index contributed by atoms with van der Waals surface area (Å²) in [6.07, 6.45) is -3.60. The lowest BCUT2D eigenvalue weighted by molar-refractivity contribution is -0.137. The van der Waals surface area contributed by atoms with Gasteiger partial charge in [-0.25, -0.2) is 0 Å². The fourth-order valence-electron chi connectivity index (χ4n) is 5.73. The molecule has 38 heavy (non-hydrogen) atoms. The summed E-state index contributed by atoms with van der Waals surface area (Å²) in [5.74, 6) is 0. The molecule has 2 saturated heterocycles. The van der Waals surface area contributed by atoms with Crippen molar-refractivity contribution < 1.29 is 17.9 Å². The van der Waals surface area contributed by atoms with Gasteiger partial charge >= 0.3 is 6.18 Å². The van der Waals surface area contributed by atoms with Crippen LogP contribution in [0.2, 0.25) is 0 Å². The number of hydrogen-bond acceptors (Lipinski definition) is 5. The topological polar surface area (TPSA) is 36.8 Å². The molecule has 2 fully saturated rings. The number of anilines is 1. The highest BCUT2D eigenvalue weighted by Crippen LogP contribution is 2.40. The minimum absolute atomic E-state index is 0.257. The first kappa shape index (κ1) is 27.0. The van der Waals surface area contributed by atoms with Crippen molar-refractivity contribution in [3.63, 3.8) is 0 Å². The molecule has 0 bridgehead atoms. The molecule has 2 aliphatic rings. The maximum atomic E-state index is 14.4. The third-order valence-electron chi connectivity index (χ3n) is 8.02. The van der Waals surface area contributed by atoms with Gasteiger partial charge in [-0.15, -0.1) is 0 Å². The summed E-state index contributed by atoms with van der Waals surface area (Å²) in [7, 11) is 2.03. The number of aryl methyl sites for hydroxylation is 2. The number of nitrogens with zero attached hydrogens (tertiary/aromatic N) is 5. The molecule has 0 saturated carbocycles. The molecule has 0 unspecified atom stereocenters. The minimum atomic E-state index is -4.45. The second kappa shape index (κ2) is 10.9. The quantitative estimate of drug-likeness (QED) is 0.451. The van der Waals surface area contributed by atoms with Crippen LogP contribution in [0.4, 0.5) is 18.9 Å². The molecule has 0 spiro atoms. The SMILES string of the molecule is Cc1cc2c(cc(CCN3CCOCC3)n2C)c(-c2ccc(N3CCN(C(C)C)CC3)c(C(F)(F)F)c2)n1. The molecule has 5 rings (SSSR count). The molecule has 6 nitrogen and oxygen atoms in total. The van der Waals surface area contributed by atoms with Gasteiger partial charge in [-0.2, -0.15) is 13.2 Å². The molecule has 0 aliphatic carbocycles. The van der Waals surface area contributed by atoms with Crippen molar-refractivity contribution >= 4 is 16.6 Å². The summed E-state index contributed by atoms with van der Waals surface area (Å²) in [5.41, 5.74) is 3.70. The number of rotatable bonds is 6. The maximum absolute atomic E-state index is 14.4. The van der Waals surface area contributed by atoms with Crippen molar-refractivity contribution in [2.45, 2.75) is 39.4 Å². The van der Waals surface area contributed by atoms with E-state index in [0.29, 0.717) is 30.4 Å². The van der Waals surface area contributed by atoms with E-state index in [9.17, 15) is 13.2 Å². The molecular formula is C29H38F3N5O. The van der Waals surface area contributed by atoms with Crippen molar-refractivity contribution in [3.8, 4) is 11.3 Å². The van der Waals surface area contributed by atoms with Crippen molar-refractivity contribution in [2.24, 2.45) is 7.05 Å². The highest BCUT2D eigenvalue weighted by atomic mass is 19.4. The van der Waals surface area contributed by atoms with Crippen LogP contribution in [0.25, 0.3) is 22.2 Å². The summed E-state index contributed by atoms with van der Waals surface area (Å²) in [6.45, 7) is 13.1. The Morgan fingerprint density at radius 2 is 1.68 bits per heavy atom. The Kier molecular flexibility index (Phi) is 7.71. The van der Waals surface area contributed by atoms with Crippen LogP contribution in [0, 0.1) is 6.92 Å². The van der Waals surface area contributed by atoms with E-state index in [2.05, 4.69) is 34.3 Å². The number of ether oxygens (including phenoxy) is 1. The monoisotopic (exact) mass is 529 g/mol. The van der Waals surface area contributed by atoms with Gasteiger partial charge in [0.25, 0.3) is 0 Å². The highest BCUT2D eigenvalue weighted by molar-refractivity contribution is 5.94. The Morgan fingerprint density at radius 3 is 2.34 bits per heavy atom. The molecule has 0 amide bonds. The van der Waals surface area contributed by atoms with Crippen LogP contribution >= 0.6 is 0 Å². The van der Waals surface area contributed by atoms with Crippen molar-refractivity contribution in [1.29, 1.82) is 0 Å². The molecular weight excluding hydrogens is 491 g/mol. The van der Waals surface area contributed by atoms with Crippen LogP contribution in [0.15, 0.2) is 30.3 Å². The van der Waals surface area contributed by atoms with Crippen LogP contribution in [0.5, 0.6) is 0 Å². The first-order valence-electron chi connectivity index (χ1n) is 13.6. The molecule has 3 aromatic rings. The summed E-state index contributed by atoms with van der Waals surface area (Å²) in [5, 5.41) is 0.890. The fourth-order valence-corrected chi connectivity index (χ4v) is 5.73. The summed E-state index contributed by atoms with van der Waals surface area (Å²) < 4.78 is 50.7. The van der Waals surface area contributed by atoms with Gasteiger partial charge in [-0.3, -0.25) is 14.8 Å². The zero-order valence-electron chi connectivity index (χ0n) is 22.8. The predicted molar refractivity (Wildman–Crippen MR) is 146 cm³/mol. The van der Waals surface area contributed by atoms with Gasteiger partial charge < -0.3 is 14.2 Å². The van der Waals surface area contributed by atoms with Gasteiger partial charge in [-0.05, 0) is 45.0 Å². The number of halogens is 3. The summed E-state index contributed by atoms with van der Waals surface area (Å²) in [4.78, 5) is 11.3. The van der Waals surface area contributed by atoms with Gasteiger partial charge in [0.2, 0.25) is 0 Å². The smallest absolute Gasteiger partial charge is 0.379 e. The van der Waals surface area contributed by atoms with E-state index >= 15 is 0 Å². The summed E-state index contributed by atoms with van der Waals surface area (Å²) in [6, 6.07) is 9.25. The lowest BCUT2D eigenvalue weighted by Crippen LogP contribution is -2.49. The van der Waals surface area contributed by atoms with Gasteiger partial charge in [0.15, 0.2) is 0 Å². The van der Waals surface area contributed by atoms with Crippen LogP contribution < -0.4 is 4.90 Å². The number of alkyl halides is 3. The van der Waals surface area contributed by atoms with Gasteiger partial charge in [-0.1, -0.05) is 6.07 Å². The number of benzene rings is 1. The highest BCUT2D eigenvalue weighted by Gasteiger charge is 2.36. The number of fused-ring (bicyclic) bond motifs is 1. The lowest BCUT2D eigenvalue weighted by atomic mass is 10.0. The number of piperazine rings is 1. The first-order chi connectivity index (χ1) is 18.1. The zero-order valence-corrected chi connectivity index (χ0v) is 22.8. The van der Waals surface area contributed by atoms with Crippen molar-refractivity contribution in [3.05, 3.63) is 47.3 Å². The van der Waals surface area contributed by atoms with Gasteiger partial charge in [0.05, 0.1) is 30.0 Å². The van der Waals surface area contributed by atoms with Crippen LogP contribution in [0.3, 0.4) is 0 Å². The van der Waals surface area contributed by atoms with E-state index in [0.717, 1.165) is 74.6 Å². The lowest BCUT2D eigenvalue weighted by Gasteiger charge is -2.39. The van der Waals surface area contributed by atoms with Crippen LogP contribution in [-0.2, 0) is 24.4 Å². The second-order valence-corrected chi connectivity index (χ2v) is 10.8. The third kappa shape index (κ3) is 5.55. The van der Waals surface area contributed by atoms with E-state index < -0.39 is 11.7 Å². The first-order valence-corrected chi connectivity index (χ1v) is 13.6. The van der Waals surface area contributed by atoms with Crippen molar-refractivity contribution in [2.75, 3.05) is 63.9 Å². The minimum Gasteiger partial charge on any atom is -0.379 e. The van der Waals surface area contributed by atoms with Gasteiger partial charge in [0.1, 0.15) is 0 Å². The molecule has 2 aromatic heterocycles. The van der Waals surface area contributed by atoms with E-state index in [1.807, 2.05) is 24.9 Å². The maximum Gasteiger partial charge on any atom is 0.418 e. The average Bonchev–Trinajstić information content (AvgIpc) is 3.22. The largest absolute Gasteiger partial charge is 0.418 e. The Bertz CT molecular complexity index is 1270. The molecule has 4 heterocycles. The number of hydrogen-bond donors (Lipinski definition) is 0. The Balaban J connectivity index is 1.48. The number of aromatic nitrogens is 2. The molecule has 206 valence electrons. The van der Waals surface area contributed by atoms with Crippen molar-refractivity contribution in [1.82, 2.24) is 19.4 Å². The molecule has 0 radical (unpaired) electrons. The van der Waals surface area contributed by atoms with E-state index in [1.165, 1.54) is 6.07 Å². The molecule has 0 N–H and O–H groups in total. The molecule has 1 aromatic carbocycles. The number of pyridine rings is 1. The van der Waals surface area contributed by atoms with E-state index in [-0.39, 0.29) is 5.69 Å². The fraction of sp³-hybridized carbons (Fsp3) is 0.552. The van der Waals surface area contributed by atoms with E-state index in [4.69, 9.17) is 9.72 Å². The average molecular weight is 530 g/mol. The van der Waals surface area contributed by atoms with Crippen LogP contribution in [0.1, 0.15) is 30.8 Å². The molecule has 2 aliphatic heterocycles. The zero-order chi connectivity index (χ0) is 27.0. The predicted octanol–water partition coefficient (Wildman–Crippen LogP) is 4.97. The summed E-state index contributed by atoms with van der Waals surface area (Å²) >= 11 is 0. The second-order valence-electron chi connectivity index (χ2n) is 10.8. The van der Waals surface area contributed by atoms with Crippen LogP contribution in [-0.4, -0.2) is 84.4 Å². The normalized spacial score (nSPS) is 18.2. The number of morpholine rings is 1. The Hall–Kier alpha value is -2.62. The Labute approximate surface area is 223 Å². The Morgan fingerprint density at radius 1 is 0.974 bits per heavy atom. The van der Waals surface area contributed by atoms with Gasteiger partial charge in [0, 0.05) is 93.3 Å². The molecule has 9 heteroatoms. The standard InChI is InChI=1S/C29H38F3N5O/c1-20(2)36-9-11-37(12-10-36)26-6-5-22(18-25(26)29(30,31)32)28-24-19-23(7-8-35-13-15-38-16-14-35)34(4)27(24)17-21(3)33-28/h5-6,17-20H,7-16H2,1-4H3. The van der Waals surface area contributed by atoms with E-state index in [1.54, 1.807) is 12.1 Å².